The molecule has 0 saturated heterocycles. The van der Waals surface area contributed by atoms with Gasteiger partial charge in [0.1, 0.15) is 0 Å². The molecule has 3 atom stereocenters. The van der Waals surface area contributed by atoms with Gasteiger partial charge in [0.2, 0.25) is 5.95 Å². The Balaban J connectivity index is 1.45. The van der Waals surface area contributed by atoms with Crippen LogP contribution in [-0.2, 0) is 6.54 Å². The van der Waals surface area contributed by atoms with Crippen LogP contribution in [0.2, 0.25) is 0 Å². The van der Waals surface area contributed by atoms with E-state index in [9.17, 15) is 0 Å². The van der Waals surface area contributed by atoms with Gasteiger partial charge in [-0.05, 0) is 49.9 Å². The van der Waals surface area contributed by atoms with Crippen LogP contribution in [0.1, 0.15) is 38.5 Å². The Morgan fingerprint density at radius 1 is 1.24 bits per heavy atom. The van der Waals surface area contributed by atoms with Crippen molar-refractivity contribution in [3.8, 4) is 0 Å². The van der Waals surface area contributed by atoms with E-state index in [0.29, 0.717) is 6.04 Å². The summed E-state index contributed by atoms with van der Waals surface area (Å²) >= 11 is 0. The Morgan fingerprint density at radius 2 is 2.18 bits per heavy atom. The maximum Gasteiger partial charge on any atom is 0.202 e. The standard InChI is InChI=1S/C14H21N3/c1-2-11-7-10(1)8-12(11)9-17-6-5-15-14(17)16-13-3-4-13/h5-6,10-13H,1-4,7-9H2,(H,15,16). The molecule has 3 unspecified atom stereocenters. The zero-order chi connectivity index (χ0) is 11.2. The molecule has 0 aliphatic heterocycles. The van der Waals surface area contributed by atoms with Gasteiger partial charge in [-0.25, -0.2) is 4.98 Å². The number of aromatic nitrogens is 2. The molecule has 1 aromatic heterocycles. The van der Waals surface area contributed by atoms with E-state index >= 15 is 0 Å². The van der Waals surface area contributed by atoms with Crippen molar-refractivity contribution in [2.75, 3.05) is 5.32 Å². The minimum atomic E-state index is 0.705. The largest absolute Gasteiger partial charge is 0.353 e. The highest BCUT2D eigenvalue weighted by Gasteiger charge is 2.39. The van der Waals surface area contributed by atoms with E-state index in [4.69, 9.17) is 0 Å². The third kappa shape index (κ3) is 1.85. The van der Waals surface area contributed by atoms with Gasteiger partial charge in [-0.2, -0.15) is 0 Å². The second kappa shape index (κ2) is 3.76. The molecule has 2 bridgehead atoms. The van der Waals surface area contributed by atoms with Crippen LogP contribution in [0.5, 0.6) is 0 Å². The Labute approximate surface area is 103 Å². The minimum absolute atomic E-state index is 0.705. The van der Waals surface area contributed by atoms with Crippen LogP contribution >= 0.6 is 0 Å². The van der Waals surface area contributed by atoms with E-state index in [2.05, 4.69) is 21.1 Å². The van der Waals surface area contributed by atoms with Gasteiger partial charge in [0, 0.05) is 25.0 Å². The highest BCUT2D eigenvalue weighted by Crippen LogP contribution is 2.49. The number of anilines is 1. The highest BCUT2D eigenvalue weighted by molar-refractivity contribution is 5.29. The first-order valence-electron chi connectivity index (χ1n) is 7.16. The van der Waals surface area contributed by atoms with Crippen molar-refractivity contribution in [1.82, 2.24) is 9.55 Å². The molecule has 0 radical (unpaired) electrons. The van der Waals surface area contributed by atoms with Gasteiger partial charge < -0.3 is 9.88 Å². The van der Waals surface area contributed by atoms with E-state index in [1.807, 2.05) is 6.20 Å². The summed E-state index contributed by atoms with van der Waals surface area (Å²) in [4.78, 5) is 4.45. The van der Waals surface area contributed by atoms with Gasteiger partial charge in [0.05, 0.1) is 0 Å². The molecule has 17 heavy (non-hydrogen) atoms. The minimum Gasteiger partial charge on any atom is -0.353 e. The normalized spacial score (nSPS) is 35.4. The van der Waals surface area contributed by atoms with E-state index in [1.165, 1.54) is 45.1 Å². The van der Waals surface area contributed by atoms with Gasteiger partial charge in [-0.3, -0.25) is 0 Å². The van der Waals surface area contributed by atoms with Crippen LogP contribution in [0.25, 0.3) is 0 Å². The lowest BCUT2D eigenvalue weighted by Gasteiger charge is -2.22. The van der Waals surface area contributed by atoms with Crippen LogP contribution in [0.3, 0.4) is 0 Å². The maximum atomic E-state index is 4.45. The summed E-state index contributed by atoms with van der Waals surface area (Å²) in [7, 11) is 0. The number of imidazole rings is 1. The van der Waals surface area contributed by atoms with E-state index in [-0.39, 0.29) is 0 Å². The molecule has 3 fully saturated rings. The monoisotopic (exact) mass is 231 g/mol. The SMILES string of the molecule is c1cn(CC2CC3CCC2C3)c(NC2CC2)n1. The fourth-order valence-electron chi connectivity index (χ4n) is 3.86. The summed E-state index contributed by atoms with van der Waals surface area (Å²) in [5.41, 5.74) is 0. The maximum absolute atomic E-state index is 4.45. The predicted molar refractivity (Wildman–Crippen MR) is 67.8 cm³/mol. The highest BCUT2D eigenvalue weighted by atomic mass is 15.2. The lowest BCUT2D eigenvalue weighted by Crippen LogP contribution is -2.19. The van der Waals surface area contributed by atoms with E-state index < -0.39 is 0 Å². The van der Waals surface area contributed by atoms with Gasteiger partial charge in [-0.1, -0.05) is 6.42 Å². The molecular formula is C14H21N3. The van der Waals surface area contributed by atoms with Crippen molar-refractivity contribution in [3.05, 3.63) is 12.4 Å². The fraction of sp³-hybridized carbons (Fsp3) is 0.786. The molecule has 4 rings (SSSR count). The molecule has 92 valence electrons. The summed E-state index contributed by atoms with van der Waals surface area (Å²) in [5.74, 6) is 4.09. The molecule has 3 aliphatic carbocycles. The van der Waals surface area contributed by atoms with E-state index in [1.54, 1.807) is 0 Å². The molecule has 0 amide bonds. The van der Waals surface area contributed by atoms with Crippen LogP contribution < -0.4 is 5.32 Å². The molecule has 1 heterocycles. The van der Waals surface area contributed by atoms with E-state index in [0.717, 1.165) is 23.7 Å². The first kappa shape index (κ1) is 9.98. The van der Waals surface area contributed by atoms with Crippen molar-refractivity contribution >= 4 is 5.95 Å². The zero-order valence-corrected chi connectivity index (χ0v) is 10.3. The summed E-state index contributed by atoms with van der Waals surface area (Å²) in [6.07, 6.45) is 12.7. The predicted octanol–water partition coefficient (Wildman–Crippen LogP) is 2.89. The van der Waals surface area contributed by atoms with Crippen LogP contribution in [0.15, 0.2) is 12.4 Å². The quantitative estimate of drug-likeness (QED) is 0.863. The smallest absolute Gasteiger partial charge is 0.202 e. The number of hydrogen-bond donors (Lipinski definition) is 1. The molecule has 3 aliphatic rings. The lowest BCUT2D eigenvalue weighted by atomic mass is 9.89. The molecule has 1 N–H and O–H groups in total. The number of rotatable bonds is 4. The van der Waals surface area contributed by atoms with Crippen LogP contribution in [0, 0.1) is 17.8 Å². The van der Waals surface area contributed by atoms with Gasteiger partial charge >= 0.3 is 0 Å². The van der Waals surface area contributed by atoms with Crippen molar-refractivity contribution < 1.29 is 0 Å². The van der Waals surface area contributed by atoms with Crippen molar-refractivity contribution in [2.24, 2.45) is 17.8 Å². The summed E-state index contributed by atoms with van der Waals surface area (Å²) < 4.78 is 2.35. The second-order valence-electron chi connectivity index (χ2n) is 6.26. The Morgan fingerprint density at radius 3 is 2.88 bits per heavy atom. The lowest BCUT2D eigenvalue weighted by molar-refractivity contribution is 0.297. The van der Waals surface area contributed by atoms with Gasteiger partial charge in [-0.15, -0.1) is 0 Å². The Kier molecular flexibility index (Phi) is 2.20. The number of nitrogens with one attached hydrogen (secondary N) is 1. The molecular weight excluding hydrogens is 210 g/mol. The van der Waals surface area contributed by atoms with Crippen molar-refractivity contribution in [2.45, 2.75) is 51.1 Å². The summed E-state index contributed by atoms with van der Waals surface area (Å²) in [5, 5.41) is 3.53. The van der Waals surface area contributed by atoms with Crippen LogP contribution in [0.4, 0.5) is 5.95 Å². The third-order valence-corrected chi connectivity index (χ3v) is 4.94. The van der Waals surface area contributed by atoms with Crippen molar-refractivity contribution in [1.29, 1.82) is 0 Å². The van der Waals surface area contributed by atoms with Gasteiger partial charge in [0.25, 0.3) is 0 Å². The Hall–Kier alpha value is -0.990. The number of nitrogens with zero attached hydrogens (tertiary/aromatic N) is 2. The average Bonchev–Trinajstić information content (AvgIpc) is 2.76. The second-order valence-corrected chi connectivity index (χ2v) is 6.26. The summed E-state index contributed by atoms with van der Waals surface area (Å²) in [6.45, 7) is 1.19. The molecule has 3 saturated carbocycles. The zero-order valence-electron chi connectivity index (χ0n) is 10.3. The Bertz CT molecular complexity index is 407. The number of hydrogen-bond acceptors (Lipinski definition) is 2. The third-order valence-electron chi connectivity index (χ3n) is 4.94. The average molecular weight is 231 g/mol. The van der Waals surface area contributed by atoms with Crippen molar-refractivity contribution in [3.63, 3.8) is 0 Å². The summed E-state index contributed by atoms with van der Waals surface area (Å²) in [6, 6.07) is 0.705. The molecule has 0 spiro atoms. The molecule has 1 aromatic rings. The van der Waals surface area contributed by atoms with Gasteiger partial charge in [0.15, 0.2) is 0 Å². The first-order valence-corrected chi connectivity index (χ1v) is 7.16. The molecule has 3 heteroatoms. The first-order chi connectivity index (χ1) is 8.38. The molecule has 0 aromatic carbocycles. The molecule has 3 nitrogen and oxygen atoms in total. The topological polar surface area (TPSA) is 29.9 Å². The van der Waals surface area contributed by atoms with Crippen LogP contribution in [-0.4, -0.2) is 15.6 Å². The fourth-order valence-corrected chi connectivity index (χ4v) is 3.86. The number of fused-ring (bicyclic) bond motifs is 2.